The van der Waals surface area contributed by atoms with Crippen molar-refractivity contribution >= 4 is 0 Å². The van der Waals surface area contributed by atoms with Gasteiger partial charge in [-0.1, -0.05) is 10.3 Å². The lowest BCUT2D eigenvalue weighted by molar-refractivity contribution is 0.412. The van der Waals surface area contributed by atoms with Crippen molar-refractivity contribution < 1.29 is 9.05 Å². The first kappa shape index (κ1) is 9.63. The fourth-order valence-electron chi connectivity index (χ4n) is 1.62. The van der Waals surface area contributed by atoms with Gasteiger partial charge in [0, 0.05) is 24.0 Å². The highest BCUT2D eigenvalue weighted by Crippen LogP contribution is 2.39. The zero-order valence-electron chi connectivity index (χ0n) is 9.00. The van der Waals surface area contributed by atoms with Gasteiger partial charge in [0.05, 0.1) is 11.4 Å². The Morgan fingerprint density at radius 2 is 1.25 bits per heavy atom. The Hall–Kier alpha value is -1.58. The molecular formula is C12H14N2O2. The minimum atomic E-state index is 0.730. The van der Waals surface area contributed by atoms with Gasteiger partial charge >= 0.3 is 0 Å². The highest BCUT2D eigenvalue weighted by molar-refractivity contribution is 5.10. The number of aromatic nitrogens is 2. The van der Waals surface area contributed by atoms with Crippen LogP contribution in [0.2, 0.25) is 0 Å². The molecule has 0 atom stereocenters. The molecule has 2 saturated carbocycles. The van der Waals surface area contributed by atoms with Crippen LogP contribution in [0.25, 0.3) is 0 Å². The Morgan fingerprint density at radius 3 is 1.50 bits per heavy atom. The third-order valence-electron chi connectivity index (χ3n) is 2.91. The van der Waals surface area contributed by atoms with Gasteiger partial charge in [-0.25, -0.2) is 0 Å². The summed E-state index contributed by atoms with van der Waals surface area (Å²) < 4.78 is 9.33. The average molecular weight is 218 g/mol. The average Bonchev–Trinajstić information content (AvgIpc) is 3.24. The van der Waals surface area contributed by atoms with E-state index in [1.165, 1.54) is 25.7 Å². The smallest absolute Gasteiger partial charge is 0.124 e. The molecule has 4 heteroatoms. The van der Waals surface area contributed by atoms with Crippen molar-refractivity contribution in [2.24, 2.45) is 0 Å². The molecule has 0 saturated heterocycles. The summed E-state index contributed by atoms with van der Waals surface area (Å²) in [5, 5.41) is 7.61. The van der Waals surface area contributed by atoms with Crippen LogP contribution in [-0.4, -0.2) is 10.3 Å². The van der Waals surface area contributed by atoms with E-state index in [9.17, 15) is 0 Å². The van der Waals surface area contributed by atoms with E-state index in [1.54, 1.807) is 12.5 Å². The van der Waals surface area contributed by atoms with Crippen molar-refractivity contribution in [1.82, 2.24) is 10.3 Å². The van der Waals surface area contributed by atoms with E-state index >= 15 is 0 Å². The lowest BCUT2D eigenvalue weighted by Crippen LogP contribution is -1.73. The highest BCUT2D eigenvalue weighted by Gasteiger charge is 2.26. The first-order chi connectivity index (χ1) is 7.93. The summed E-state index contributed by atoms with van der Waals surface area (Å²) in [7, 11) is 0. The van der Waals surface area contributed by atoms with E-state index < -0.39 is 0 Å². The molecule has 16 heavy (non-hydrogen) atoms. The van der Waals surface area contributed by atoms with E-state index in [-0.39, 0.29) is 0 Å². The maximum absolute atomic E-state index is 4.67. The van der Waals surface area contributed by atoms with Crippen molar-refractivity contribution in [2.75, 3.05) is 0 Å². The molecule has 0 N–H and O–H groups in total. The number of rotatable bonds is 2. The minimum absolute atomic E-state index is 0.730. The molecule has 0 radical (unpaired) electrons. The van der Waals surface area contributed by atoms with Crippen molar-refractivity contribution in [3.63, 3.8) is 0 Å². The Balaban J connectivity index is 0.000000101. The van der Waals surface area contributed by atoms with Crippen molar-refractivity contribution in [1.29, 1.82) is 0 Å². The quantitative estimate of drug-likeness (QED) is 0.777. The van der Waals surface area contributed by atoms with Gasteiger partial charge in [0.2, 0.25) is 0 Å². The Morgan fingerprint density at radius 1 is 0.812 bits per heavy atom. The van der Waals surface area contributed by atoms with E-state index in [0.717, 1.165) is 23.2 Å². The monoisotopic (exact) mass is 218 g/mol. The summed E-state index contributed by atoms with van der Waals surface area (Å²) in [4.78, 5) is 0. The molecule has 2 aliphatic carbocycles. The van der Waals surface area contributed by atoms with Crippen LogP contribution in [0.4, 0.5) is 0 Å². The molecule has 2 heterocycles. The van der Waals surface area contributed by atoms with Gasteiger partial charge in [0.25, 0.3) is 0 Å². The molecule has 2 fully saturated rings. The van der Waals surface area contributed by atoms with Gasteiger partial charge in [-0.3, -0.25) is 0 Å². The number of hydrogen-bond donors (Lipinski definition) is 0. The predicted molar refractivity (Wildman–Crippen MR) is 57.0 cm³/mol. The first-order valence-electron chi connectivity index (χ1n) is 5.74. The maximum atomic E-state index is 4.67. The van der Waals surface area contributed by atoms with E-state index in [4.69, 9.17) is 0 Å². The molecule has 2 aromatic heterocycles. The van der Waals surface area contributed by atoms with E-state index in [0.29, 0.717) is 0 Å². The summed E-state index contributed by atoms with van der Waals surface area (Å²) in [5.41, 5.74) is 2.26. The second-order valence-corrected chi connectivity index (χ2v) is 4.40. The molecule has 0 aliphatic heterocycles. The summed E-state index contributed by atoms with van der Waals surface area (Å²) in [6.45, 7) is 0. The standard InChI is InChI=1S/2C6H7NO/c2*1-2-5(1)6-3-4-8-7-6/h2*3-5H,1-2H2. The maximum Gasteiger partial charge on any atom is 0.124 e. The number of nitrogens with zero attached hydrogens (tertiary/aromatic N) is 2. The fraction of sp³-hybridized carbons (Fsp3) is 0.500. The molecule has 0 spiro atoms. The minimum Gasteiger partial charge on any atom is -0.365 e. The zero-order chi connectivity index (χ0) is 10.8. The molecule has 4 nitrogen and oxygen atoms in total. The largest absolute Gasteiger partial charge is 0.365 e. The van der Waals surface area contributed by atoms with Crippen LogP contribution >= 0.6 is 0 Å². The van der Waals surface area contributed by atoms with Crippen LogP contribution in [0.5, 0.6) is 0 Å². The van der Waals surface area contributed by atoms with Gasteiger partial charge in [-0.15, -0.1) is 0 Å². The molecule has 0 unspecified atom stereocenters. The second-order valence-electron chi connectivity index (χ2n) is 4.40. The summed E-state index contributed by atoms with van der Waals surface area (Å²) in [6, 6.07) is 3.88. The fourth-order valence-corrected chi connectivity index (χ4v) is 1.62. The molecule has 2 aromatic rings. The van der Waals surface area contributed by atoms with E-state index in [2.05, 4.69) is 19.4 Å². The SMILES string of the molecule is c1cc(C2CC2)no1.c1cc(C2CC2)no1. The summed E-state index contributed by atoms with van der Waals surface area (Å²) in [5.74, 6) is 1.46. The lowest BCUT2D eigenvalue weighted by atomic mass is 10.3. The van der Waals surface area contributed by atoms with Crippen LogP contribution in [0.1, 0.15) is 48.9 Å². The summed E-state index contributed by atoms with van der Waals surface area (Å²) in [6.07, 6.45) is 8.46. The Kier molecular flexibility index (Phi) is 2.48. The topological polar surface area (TPSA) is 52.1 Å². The molecular weight excluding hydrogens is 204 g/mol. The van der Waals surface area contributed by atoms with E-state index in [1.807, 2.05) is 12.1 Å². The molecule has 0 amide bonds. The molecule has 84 valence electrons. The zero-order valence-corrected chi connectivity index (χ0v) is 9.00. The highest BCUT2D eigenvalue weighted by atomic mass is 16.5. The Labute approximate surface area is 93.6 Å². The first-order valence-corrected chi connectivity index (χ1v) is 5.74. The molecule has 2 aliphatic rings. The molecule has 0 bridgehead atoms. The van der Waals surface area contributed by atoms with Crippen LogP contribution in [0.15, 0.2) is 33.7 Å². The third-order valence-corrected chi connectivity index (χ3v) is 2.91. The van der Waals surface area contributed by atoms with Gasteiger partial charge in [-0.05, 0) is 25.7 Å². The lowest BCUT2D eigenvalue weighted by Gasteiger charge is -1.78. The molecule has 0 aromatic carbocycles. The molecule has 4 rings (SSSR count). The van der Waals surface area contributed by atoms with Crippen molar-refractivity contribution in [3.05, 3.63) is 36.0 Å². The van der Waals surface area contributed by atoms with Crippen LogP contribution in [-0.2, 0) is 0 Å². The van der Waals surface area contributed by atoms with Gasteiger partial charge in [-0.2, -0.15) is 0 Å². The Bertz CT molecular complexity index is 372. The summed E-state index contributed by atoms with van der Waals surface area (Å²) >= 11 is 0. The third kappa shape index (κ3) is 2.32. The van der Waals surface area contributed by atoms with Crippen LogP contribution in [0.3, 0.4) is 0 Å². The second kappa shape index (κ2) is 4.12. The predicted octanol–water partition coefficient (Wildman–Crippen LogP) is 3.10. The number of hydrogen-bond acceptors (Lipinski definition) is 4. The van der Waals surface area contributed by atoms with Gasteiger partial charge < -0.3 is 9.05 Å². The van der Waals surface area contributed by atoms with Gasteiger partial charge in [0.1, 0.15) is 12.5 Å². The van der Waals surface area contributed by atoms with Gasteiger partial charge in [0.15, 0.2) is 0 Å². The van der Waals surface area contributed by atoms with Crippen LogP contribution < -0.4 is 0 Å². The van der Waals surface area contributed by atoms with Crippen molar-refractivity contribution in [2.45, 2.75) is 37.5 Å². The normalized spacial score (nSPS) is 19.0. The van der Waals surface area contributed by atoms with Crippen molar-refractivity contribution in [3.8, 4) is 0 Å². The van der Waals surface area contributed by atoms with Crippen LogP contribution in [0, 0.1) is 0 Å².